The van der Waals surface area contributed by atoms with E-state index in [4.69, 9.17) is 9.16 Å². The second-order valence-electron chi connectivity index (χ2n) is 6.48. The van der Waals surface area contributed by atoms with Gasteiger partial charge in [-0.3, -0.25) is 14.9 Å². The van der Waals surface area contributed by atoms with Crippen LogP contribution >= 0.6 is 0 Å². The van der Waals surface area contributed by atoms with Gasteiger partial charge in [0.15, 0.2) is 14.4 Å². The van der Waals surface area contributed by atoms with Crippen molar-refractivity contribution in [3.8, 4) is 0 Å². The number of nitro groups is 1. The third-order valence-corrected chi connectivity index (χ3v) is 9.89. The molecule has 0 radical (unpaired) electrons. The number of rotatable bonds is 8. The molecule has 27 heavy (non-hydrogen) atoms. The highest BCUT2D eigenvalue weighted by Crippen LogP contribution is 2.41. The van der Waals surface area contributed by atoms with Gasteiger partial charge >= 0.3 is 6.09 Å². The molecular weight excluding hydrogens is 368 g/mol. The summed E-state index contributed by atoms with van der Waals surface area (Å²) in [5.41, 5.74) is 0.563. The van der Waals surface area contributed by atoms with E-state index in [9.17, 15) is 19.7 Å². The first-order valence-electron chi connectivity index (χ1n) is 9.26. The Bertz CT molecular complexity index is 696. The van der Waals surface area contributed by atoms with Gasteiger partial charge in [0, 0.05) is 12.1 Å². The van der Waals surface area contributed by atoms with Crippen LogP contribution in [0.25, 0.3) is 0 Å². The van der Waals surface area contributed by atoms with E-state index in [0.29, 0.717) is 5.56 Å². The second-order valence-corrected chi connectivity index (χ2v) is 11.2. The van der Waals surface area contributed by atoms with E-state index in [0.717, 1.165) is 23.0 Å². The number of carbonyl (C=O) groups excluding carboxylic acids is 2. The van der Waals surface area contributed by atoms with Crippen molar-refractivity contribution in [1.29, 1.82) is 0 Å². The third-order valence-electron chi connectivity index (χ3n) is 5.27. The van der Waals surface area contributed by atoms with E-state index in [2.05, 4.69) is 20.8 Å². The molecule has 1 aromatic carbocycles. The van der Waals surface area contributed by atoms with Crippen molar-refractivity contribution in [3.05, 3.63) is 39.9 Å². The van der Waals surface area contributed by atoms with Crippen molar-refractivity contribution in [1.82, 2.24) is 4.90 Å². The highest BCUT2D eigenvalue weighted by molar-refractivity contribution is 6.73. The van der Waals surface area contributed by atoms with Crippen LogP contribution in [0, 0.1) is 10.1 Å². The topological polar surface area (TPSA) is 99.0 Å². The molecule has 1 saturated heterocycles. The molecule has 148 valence electrons. The first-order chi connectivity index (χ1) is 12.8. The zero-order chi connectivity index (χ0) is 20.2. The Hall–Kier alpha value is -2.26. The number of hydrogen-bond donors (Lipinski definition) is 0. The van der Waals surface area contributed by atoms with Gasteiger partial charge in [0.1, 0.15) is 6.04 Å². The highest BCUT2D eigenvalue weighted by atomic mass is 28.4. The second kappa shape index (κ2) is 8.62. The molecule has 0 bridgehead atoms. The molecule has 0 saturated carbocycles. The first kappa shape index (κ1) is 21.0. The minimum atomic E-state index is -2.09. The van der Waals surface area contributed by atoms with E-state index in [1.807, 2.05) is 0 Å². The maximum Gasteiger partial charge on any atom is 0.417 e. The van der Waals surface area contributed by atoms with Crippen molar-refractivity contribution < 1.29 is 23.7 Å². The van der Waals surface area contributed by atoms with Crippen LogP contribution in [0.2, 0.25) is 18.1 Å². The predicted octanol–water partition coefficient (Wildman–Crippen LogP) is 4.03. The molecule has 0 spiro atoms. The van der Waals surface area contributed by atoms with E-state index in [1.165, 1.54) is 12.1 Å². The fraction of sp³-hybridized carbons (Fsp3) is 0.556. The average molecular weight is 395 g/mol. The Balaban J connectivity index is 2.36. The van der Waals surface area contributed by atoms with Crippen LogP contribution in [0.4, 0.5) is 10.5 Å². The molecule has 1 heterocycles. The Morgan fingerprint density at radius 2 is 1.70 bits per heavy atom. The van der Waals surface area contributed by atoms with E-state index in [1.54, 1.807) is 19.1 Å². The van der Waals surface area contributed by atoms with E-state index < -0.39 is 37.4 Å². The molecule has 0 aliphatic carbocycles. The smallest absolute Gasteiger partial charge is 0.417 e. The van der Waals surface area contributed by atoms with Crippen molar-refractivity contribution >= 4 is 26.0 Å². The quantitative estimate of drug-likeness (QED) is 0.286. The number of ether oxygens (including phenoxy) is 1. The third kappa shape index (κ3) is 4.03. The van der Waals surface area contributed by atoms with Crippen LogP contribution in [-0.2, 0) is 14.0 Å². The largest absolute Gasteiger partial charge is 0.449 e. The molecule has 1 aliphatic heterocycles. The van der Waals surface area contributed by atoms with Gasteiger partial charge in [-0.25, -0.2) is 9.69 Å². The molecular formula is C18H26N2O6Si. The van der Waals surface area contributed by atoms with Gasteiger partial charge < -0.3 is 9.16 Å². The molecule has 1 aromatic rings. The molecule has 8 nitrogen and oxygen atoms in total. The normalized spacial score (nSPS) is 19.6. The maximum absolute atomic E-state index is 12.7. The van der Waals surface area contributed by atoms with Crippen LogP contribution in [0.1, 0.15) is 39.3 Å². The van der Waals surface area contributed by atoms with Crippen LogP contribution in [0.3, 0.4) is 0 Å². The van der Waals surface area contributed by atoms with Crippen molar-refractivity contribution in [3.63, 3.8) is 0 Å². The number of β-lactam (4-membered cyclic amide) rings is 1. The van der Waals surface area contributed by atoms with Crippen molar-refractivity contribution in [2.75, 3.05) is 6.61 Å². The minimum Gasteiger partial charge on any atom is -0.449 e. The number of likely N-dealkylation sites (tertiary alicyclic amines) is 1. The first-order valence-corrected chi connectivity index (χ1v) is 11.8. The maximum atomic E-state index is 12.7. The molecule has 2 rings (SSSR count). The fourth-order valence-electron chi connectivity index (χ4n) is 3.36. The standard InChI is InChI=1S/C18H26N2O6Si/c1-5-25-18(22)19-15(13-9-11-14(12-10-13)20(23)24)16(17(19)21)26-27(6-2,7-3)8-4/h9-12,15-16H,5-8H2,1-4H3/t15-,16+/m1/s1. The van der Waals surface area contributed by atoms with Crippen molar-refractivity contribution in [2.45, 2.75) is 58.0 Å². The zero-order valence-electron chi connectivity index (χ0n) is 16.1. The van der Waals surface area contributed by atoms with Gasteiger partial charge in [0.25, 0.3) is 11.6 Å². The SMILES string of the molecule is CCOC(=O)N1C(=O)[C@@H](O[Si](CC)(CC)CC)[C@H]1c1ccc([N+](=O)[O-])cc1. The molecule has 0 N–H and O–H groups in total. The molecule has 2 amide bonds. The highest BCUT2D eigenvalue weighted by Gasteiger charge is 2.55. The van der Waals surface area contributed by atoms with Gasteiger partial charge in [0.05, 0.1) is 11.5 Å². The summed E-state index contributed by atoms with van der Waals surface area (Å²) in [6.07, 6.45) is -1.48. The number of imide groups is 1. The van der Waals surface area contributed by atoms with Crippen LogP contribution < -0.4 is 0 Å². The van der Waals surface area contributed by atoms with Crippen LogP contribution in [0.5, 0.6) is 0 Å². The van der Waals surface area contributed by atoms with E-state index in [-0.39, 0.29) is 12.3 Å². The summed E-state index contributed by atoms with van der Waals surface area (Å²) in [6.45, 7) is 8.00. The Morgan fingerprint density at radius 3 is 2.15 bits per heavy atom. The van der Waals surface area contributed by atoms with Gasteiger partial charge in [-0.1, -0.05) is 32.9 Å². The minimum absolute atomic E-state index is 0.0519. The Morgan fingerprint density at radius 1 is 1.15 bits per heavy atom. The van der Waals surface area contributed by atoms with Crippen LogP contribution in [-0.4, -0.2) is 42.9 Å². The number of carbonyl (C=O) groups is 2. The van der Waals surface area contributed by atoms with Crippen molar-refractivity contribution in [2.24, 2.45) is 0 Å². The Kier molecular flexibility index (Phi) is 6.72. The number of nitro benzene ring substituents is 1. The van der Waals surface area contributed by atoms with Gasteiger partial charge in [-0.05, 0) is 30.6 Å². The number of hydrogen-bond acceptors (Lipinski definition) is 6. The van der Waals surface area contributed by atoms with Crippen LogP contribution in [0.15, 0.2) is 24.3 Å². The molecule has 0 aromatic heterocycles. The fourth-order valence-corrected chi connectivity index (χ4v) is 6.13. The van der Waals surface area contributed by atoms with Gasteiger partial charge in [-0.15, -0.1) is 0 Å². The predicted molar refractivity (Wildman–Crippen MR) is 102 cm³/mol. The molecule has 2 atom stereocenters. The van der Waals surface area contributed by atoms with Gasteiger partial charge in [-0.2, -0.15) is 0 Å². The molecule has 9 heteroatoms. The average Bonchev–Trinajstić information content (AvgIpc) is 2.67. The lowest BCUT2D eigenvalue weighted by atomic mass is 9.91. The summed E-state index contributed by atoms with van der Waals surface area (Å²) in [6, 6.07) is 7.83. The summed E-state index contributed by atoms with van der Waals surface area (Å²) in [5.74, 6) is -0.413. The molecule has 1 fully saturated rings. The summed E-state index contributed by atoms with van der Waals surface area (Å²) < 4.78 is 11.3. The van der Waals surface area contributed by atoms with E-state index >= 15 is 0 Å². The monoisotopic (exact) mass is 394 g/mol. The summed E-state index contributed by atoms with van der Waals surface area (Å²) >= 11 is 0. The Labute approximate surface area is 159 Å². The number of benzene rings is 1. The lowest BCUT2D eigenvalue weighted by Crippen LogP contribution is -2.64. The number of non-ortho nitro benzene ring substituents is 1. The summed E-state index contributed by atoms with van der Waals surface area (Å²) in [4.78, 5) is 36.4. The number of nitrogens with zero attached hydrogens (tertiary/aromatic N) is 2. The lowest BCUT2D eigenvalue weighted by Gasteiger charge is -2.48. The summed E-state index contributed by atoms with van der Waals surface area (Å²) in [7, 11) is -2.09. The zero-order valence-corrected chi connectivity index (χ0v) is 17.1. The molecule has 0 unspecified atom stereocenters. The number of amides is 2. The van der Waals surface area contributed by atoms with Gasteiger partial charge in [0.2, 0.25) is 0 Å². The lowest BCUT2D eigenvalue weighted by molar-refractivity contribution is -0.384. The molecule has 1 aliphatic rings. The summed E-state index contributed by atoms with van der Waals surface area (Å²) in [5, 5.41) is 10.9.